The molecule has 4 aromatic rings. The lowest BCUT2D eigenvalue weighted by molar-refractivity contribution is 0.105. The minimum atomic E-state index is 0.0223. The number of carbonyl (C=O) groups excluding carboxylic acids is 2. The van der Waals surface area contributed by atoms with Crippen LogP contribution in [0.1, 0.15) is 57.5 Å². The second-order valence-electron chi connectivity index (χ2n) is 10.5. The summed E-state index contributed by atoms with van der Waals surface area (Å²) in [5.74, 6) is 1.62. The van der Waals surface area contributed by atoms with E-state index in [-0.39, 0.29) is 11.6 Å². The lowest BCUT2D eigenvalue weighted by Crippen LogP contribution is -2.15. The number of ketones is 2. The molecule has 2 aliphatic rings. The monoisotopic (exact) mass is 588 g/mol. The van der Waals surface area contributed by atoms with Gasteiger partial charge in [0.25, 0.3) is 0 Å². The number of fused-ring (bicyclic) bond motifs is 2. The van der Waals surface area contributed by atoms with Crippen LogP contribution >= 0.6 is 0 Å². The molecule has 44 heavy (non-hydrogen) atoms. The minimum Gasteiger partial charge on any atom is -0.497 e. The number of nitrogens with zero attached hydrogens (tertiary/aromatic N) is 2. The summed E-state index contributed by atoms with van der Waals surface area (Å²) < 4.78 is 10.2. The van der Waals surface area contributed by atoms with Gasteiger partial charge in [0.15, 0.2) is 0 Å². The number of benzene rings is 4. The third-order valence-electron chi connectivity index (χ3n) is 7.59. The SMILES string of the molecule is COc1ccc(N/N=C2/CCCc3ccccc3C2=O)cc1.COc1ccc(N/N=C2/CCCc3ccccc3C2=O)cc1. The molecule has 0 unspecified atom stereocenters. The van der Waals surface area contributed by atoms with Crippen LogP contribution in [0.3, 0.4) is 0 Å². The van der Waals surface area contributed by atoms with Crippen LogP contribution < -0.4 is 20.3 Å². The van der Waals surface area contributed by atoms with E-state index >= 15 is 0 Å². The summed E-state index contributed by atoms with van der Waals surface area (Å²) in [6.07, 6.45) is 5.10. The number of hydrogen-bond acceptors (Lipinski definition) is 8. The van der Waals surface area contributed by atoms with Gasteiger partial charge >= 0.3 is 0 Å². The summed E-state index contributed by atoms with van der Waals surface area (Å²) in [6, 6.07) is 30.5. The fourth-order valence-corrected chi connectivity index (χ4v) is 5.16. The van der Waals surface area contributed by atoms with Gasteiger partial charge in [-0.25, -0.2) is 0 Å². The highest BCUT2D eigenvalue weighted by Crippen LogP contribution is 2.22. The second kappa shape index (κ2) is 14.8. The molecule has 0 radical (unpaired) electrons. The van der Waals surface area contributed by atoms with Crippen molar-refractivity contribution in [3.8, 4) is 11.5 Å². The zero-order chi connectivity index (χ0) is 30.7. The largest absolute Gasteiger partial charge is 0.497 e. The highest BCUT2D eigenvalue weighted by molar-refractivity contribution is 6.47. The number of methoxy groups -OCH3 is 2. The first-order valence-corrected chi connectivity index (χ1v) is 14.7. The molecular weight excluding hydrogens is 552 g/mol. The Morgan fingerprint density at radius 2 is 0.909 bits per heavy atom. The smallest absolute Gasteiger partial charge is 0.209 e. The van der Waals surface area contributed by atoms with E-state index in [2.05, 4.69) is 21.1 Å². The second-order valence-corrected chi connectivity index (χ2v) is 10.5. The predicted octanol–water partition coefficient (Wildman–Crippen LogP) is 7.36. The van der Waals surface area contributed by atoms with Crippen LogP contribution in [0.15, 0.2) is 107 Å². The highest BCUT2D eigenvalue weighted by atomic mass is 16.5. The number of carbonyl (C=O) groups is 2. The number of ether oxygens (including phenoxy) is 2. The van der Waals surface area contributed by atoms with Crippen LogP contribution in [0, 0.1) is 0 Å². The van der Waals surface area contributed by atoms with Crippen molar-refractivity contribution in [1.29, 1.82) is 0 Å². The van der Waals surface area contributed by atoms with Crippen LogP contribution in [0.5, 0.6) is 11.5 Å². The fourth-order valence-electron chi connectivity index (χ4n) is 5.16. The summed E-state index contributed by atoms with van der Waals surface area (Å²) in [7, 11) is 3.26. The quantitative estimate of drug-likeness (QED) is 0.180. The van der Waals surface area contributed by atoms with Gasteiger partial charge in [0.2, 0.25) is 11.6 Å². The van der Waals surface area contributed by atoms with Gasteiger partial charge in [0.05, 0.1) is 25.6 Å². The van der Waals surface area contributed by atoms with E-state index in [1.165, 1.54) is 0 Å². The van der Waals surface area contributed by atoms with Crippen molar-refractivity contribution in [2.75, 3.05) is 25.1 Å². The number of Topliss-reactive ketones (excluding diaryl/α,β-unsaturated/α-hetero) is 2. The fraction of sp³-hybridized carbons (Fsp3) is 0.222. The van der Waals surface area contributed by atoms with Crippen molar-refractivity contribution in [3.05, 3.63) is 119 Å². The predicted molar refractivity (Wildman–Crippen MR) is 176 cm³/mol. The average molecular weight is 589 g/mol. The molecule has 0 fully saturated rings. The van der Waals surface area contributed by atoms with Gasteiger partial charge in [-0.3, -0.25) is 20.4 Å². The maximum atomic E-state index is 12.6. The van der Waals surface area contributed by atoms with Gasteiger partial charge in [-0.1, -0.05) is 48.5 Å². The van der Waals surface area contributed by atoms with Gasteiger partial charge in [-0.2, -0.15) is 10.2 Å². The van der Waals surface area contributed by atoms with Crippen LogP contribution in [-0.4, -0.2) is 37.2 Å². The molecule has 0 spiro atoms. The van der Waals surface area contributed by atoms with Gasteiger partial charge < -0.3 is 9.47 Å². The van der Waals surface area contributed by atoms with Crippen molar-refractivity contribution in [2.45, 2.75) is 38.5 Å². The molecule has 6 rings (SSSR count). The van der Waals surface area contributed by atoms with Crippen molar-refractivity contribution in [1.82, 2.24) is 0 Å². The summed E-state index contributed by atoms with van der Waals surface area (Å²) in [5, 5.41) is 8.65. The van der Waals surface area contributed by atoms with Crippen LogP contribution in [0.2, 0.25) is 0 Å². The normalized spacial score (nSPS) is 16.0. The molecule has 0 aromatic heterocycles. The molecule has 0 atom stereocenters. The molecule has 0 amide bonds. The Morgan fingerprint density at radius 1 is 0.523 bits per heavy atom. The number of hydrogen-bond donors (Lipinski definition) is 2. The maximum Gasteiger partial charge on any atom is 0.209 e. The van der Waals surface area contributed by atoms with Gasteiger partial charge in [-0.05, 0) is 98.2 Å². The van der Waals surface area contributed by atoms with E-state index in [1.807, 2.05) is 97.1 Å². The molecule has 0 saturated carbocycles. The third kappa shape index (κ3) is 7.58. The van der Waals surface area contributed by atoms with Crippen LogP contribution in [0.4, 0.5) is 11.4 Å². The molecule has 8 heteroatoms. The molecule has 2 N–H and O–H groups in total. The third-order valence-corrected chi connectivity index (χ3v) is 7.59. The lowest BCUT2D eigenvalue weighted by atomic mass is 10.0. The van der Waals surface area contributed by atoms with E-state index in [9.17, 15) is 9.59 Å². The van der Waals surface area contributed by atoms with Crippen molar-refractivity contribution in [2.24, 2.45) is 10.2 Å². The molecule has 0 saturated heterocycles. The number of rotatable bonds is 6. The summed E-state index contributed by atoms with van der Waals surface area (Å²) in [6.45, 7) is 0. The first-order valence-electron chi connectivity index (χ1n) is 14.7. The standard InChI is InChI=1S/2C18H18N2O2/c2*1-22-15-11-9-14(10-12-15)19-20-17-8-4-6-13-5-2-3-7-16(13)18(17)21/h2*2-3,5,7,9-12,19H,4,6,8H2,1H3/b2*20-17-. The van der Waals surface area contributed by atoms with Gasteiger partial charge in [0, 0.05) is 11.1 Å². The zero-order valence-corrected chi connectivity index (χ0v) is 25.0. The molecular formula is C36H36N4O4. The highest BCUT2D eigenvalue weighted by Gasteiger charge is 2.22. The Morgan fingerprint density at radius 3 is 1.30 bits per heavy atom. The summed E-state index contributed by atoms with van der Waals surface area (Å²) in [4.78, 5) is 25.1. The van der Waals surface area contributed by atoms with E-state index in [0.29, 0.717) is 24.3 Å². The van der Waals surface area contributed by atoms with Gasteiger partial charge in [0.1, 0.15) is 22.9 Å². The van der Waals surface area contributed by atoms with Crippen molar-refractivity contribution in [3.63, 3.8) is 0 Å². The number of hydrazone groups is 2. The van der Waals surface area contributed by atoms with Crippen molar-refractivity contribution >= 4 is 34.4 Å². The zero-order valence-electron chi connectivity index (χ0n) is 25.0. The van der Waals surface area contributed by atoms with Crippen LogP contribution in [0.25, 0.3) is 0 Å². The Hall–Kier alpha value is -5.24. The summed E-state index contributed by atoms with van der Waals surface area (Å²) >= 11 is 0. The average Bonchev–Trinajstić information content (AvgIpc) is 3.34. The molecule has 2 aliphatic carbocycles. The topological polar surface area (TPSA) is 101 Å². The molecule has 0 aliphatic heterocycles. The van der Waals surface area contributed by atoms with E-state index in [4.69, 9.17) is 9.47 Å². The van der Waals surface area contributed by atoms with E-state index < -0.39 is 0 Å². The van der Waals surface area contributed by atoms with Crippen molar-refractivity contribution < 1.29 is 19.1 Å². The maximum absolute atomic E-state index is 12.6. The minimum absolute atomic E-state index is 0.0223. The summed E-state index contributed by atoms with van der Waals surface area (Å²) in [5.41, 5.74) is 12.5. The number of aryl methyl sites for hydroxylation is 2. The molecule has 4 aromatic carbocycles. The molecule has 224 valence electrons. The molecule has 0 heterocycles. The Balaban J connectivity index is 0.000000175. The van der Waals surface area contributed by atoms with Gasteiger partial charge in [-0.15, -0.1) is 0 Å². The number of nitrogens with one attached hydrogen (secondary N) is 2. The molecule has 0 bridgehead atoms. The van der Waals surface area contributed by atoms with E-state index in [0.717, 1.165) is 70.8 Å². The Kier molecular flexibility index (Phi) is 10.2. The first-order chi connectivity index (χ1) is 21.6. The first kappa shape index (κ1) is 30.2. The van der Waals surface area contributed by atoms with Crippen LogP contribution in [-0.2, 0) is 12.8 Å². The Bertz CT molecular complexity index is 1540. The Labute approximate surface area is 257 Å². The van der Waals surface area contributed by atoms with E-state index in [1.54, 1.807) is 14.2 Å². The molecule has 8 nitrogen and oxygen atoms in total. The number of anilines is 2. The lowest BCUT2D eigenvalue weighted by Gasteiger charge is -2.06.